The van der Waals surface area contributed by atoms with Crippen molar-refractivity contribution in [2.75, 3.05) is 17.7 Å². The van der Waals surface area contributed by atoms with Crippen molar-refractivity contribution < 1.29 is 23.1 Å². The number of fused-ring (bicyclic) bond motifs is 1. The molecule has 0 aliphatic heterocycles. The molecule has 0 fully saturated rings. The summed E-state index contributed by atoms with van der Waals surface area (Å²) in [4.78, 5) is 26.4. The molecular weight excluding hydrogens is 453 g/mol. The fraction of sp³-hybridized carbons (Fsp3) is 0.364. The van der Waals surface area contributed by atoms with E-state index in [4.69, 9.17) is 9.15 Å². The van der Waals surface area contributed by atoms with Crippen LogP contribution in [0, 0.1) is 5.82 Å². The monoisotopic (exact) mass is 475 g/mol. The topological polar surface area (TPSA) is 94.3 Å². The zero-order valence-electron chi connectivity index (χ0n) is 17.5. The number of aryl methyl sites for hydroxylation is 1. The second-order valence-electron chi connectivity index (χ2n) is 7.21. The number of nitrogens with one attached hydrogen (secondary N) is 1. The van der Waals surface area contributed by atoms with Crippen LogP contribution in [0.1, 0.15) is 47.0 Å². The van der Waals surface area contributed by atoms with Gasteiger partial charge in [-0.2, -0.15) is 0 Å². The molecule has 0 unspecified atom stereocenters. The van der Waals surface area contributed by atoms with E-state index in [1.165, 1.54) is 23.5 Å². The first-order chi connectivity index (χ1) is 15.5. The summed E-state index contributed by atoms with van der Waals surface area (Å²) < 4.78 is 23.9. The van der Waals surface area contributed by atoms with E-state index in [0.29, 0.717) is 16.1 Å². The Balaban J connectivity index is 1.43. The first kappa shape index (κ1) is 22.5. The largest absolute Gasteiger partial charge is 0.462 e. The Morgan fingerprint density at radius 3 is 2.75 bits per heavy atom. The van der Waals surface area contributed by atoms with Crippen LogP contribution in [0.15, 0.2) is 33.9 Å². The van der Waals surface area contributed by atoms with Crippen molar-refractivity contribution in [3.8, 4) is 11.5 Å². The van der Waals surface area contributed by atoms with Crippen LogP contribution in [0.2, 0.25) is 0 Å². The van der Waals surface area contributed by atoms with Gasteiger partial charge in [0.15, 0.2) is 0 Å². The minimum atomic E-state index is -0.393. The van der Waals surface area contributed by atoms with Gasteiger partial charge in [-0.15, -0.1) is 21.5 Å². The van der Waals surface area contributed by atoms with Gasteiger partial charge in [0.2, 0.25) is 11.8 Å². The number of esters is 1. The van der Waals surface area contributed by atoms with E-state index in [9.17, 15) is 14.0 Å². The summed E-state index contributed by atoms with van der Waals surface area (Å²) in [5, 5.41) is 11.5. The number of carbonyl (C=O) groups excluding carboxylic acids is 2. The molecule has 32 heavy (non-hydrogen) atoms. The van der Waals surface area contributed by atoms with Gasteiger partial charge in [-0.1, -0.05) is 18.2 Å². The Hall–Kier alpha value is -2.72. The molecule has 0 saturated heterocycles. The molecule has 3 aromatic rings. The van der Waals surface area contributed by atoms with Gasteiger partial charge >= 0.3 is 5.97 Å². The summed E-state index contributed by atoms with van der Waals surface area (Å²) in [5.74, 6) is -0.739. The molecule has 4 rings (SSSR count). The van der Waals surface area contributed by atoms with Crippen LogP contribution in [0.5, 0.6) is 0 Å². The number of carbonyl (C=O) groups is 2. The smallest absolute Gasteiger partial charge is 0.341 e. The summed E-state index contributed by atoms with van der Waals surface area (Å²) in [6, 6.07) is 5.70. The van der Waals surface area contributed by atoms with Crippen LogP contribution in [0.4, 0.5) is 9.39 Å². The zero-order valence-corrected chi connectivity index (χ0v) is 19.1. The number of aromatic nitrogens is 2. The number of halogens is 1. The lowest BCUT2D eigenvalue weighted by atomic mass is 10.1. The number of nitrogens with zero attached hydrogens (tertiary/aromatic N) is 2. The number of rotatable bonds is 7. The molecule has 1 aliphatic rings. The van der Waals surface area contributed by atoms with Gasteiger partial charge in [0, 0.05) is 10.4 Å². The number of thioether (sulfide) groups is 1. The van der Waals surface area contributed by atoms with Gasteiger partial charge in [-0.05, 0) is 62.4 Å². The lowest BCUT2D eigenvalue weighted by Gasteiger charge is -2.08. The van der Waals surface area contributed by atoms with Crippen LogP contribution >= 0.6 is 23.1 Å². The van der Waals surface area contributed by atoms with Crippen LogP contribution in [-0.4, -0.2) is 34.4 Å². The number of thiophene rings is 1. The van der Waals surface area contributed by atoms with E-state index in [0.717, 1.165) is 54.3 Å². The summed E-state index contributed by atoms with van der Waals surface area (Å²) in [6.07, 6.45) is 4.95. The number of hydrogen-bond acceptors (Lipinski definition) is 8. The maximum absolute atomic E-state index is 13.1. The number of anilines is 1. The van der Waals surface area contributed by atoms with E-state index in [1.54, 1.807) is 19.1 Å². The molecule has 2 aromatic heterocycles. The molecule has 0 saturated carbocycles. The SMILES string of the molecule is CCOC(=O)c1c(NC(=O)CSc2nnc(-c3ccc(F)cc3)o2)sc2c1CCCCC2. The average Bonchev–Trinajstić information content (AvgIpc) is 3.31. The van der Waals surface area contributed by atoms with E-state index >= 15 is 0 Å². The maximum atomic E-state index is 13.1. The third kappa shape index (κ3) is 5.18. The number of amides is 1. The zero-order chi connectivity index (χ0) is 22.5. The quantitative estimate of drug-likeness (QED) is 0.288. The Morgan fingerprint density at radius 1 is 1.19 bits per heavy atom. The third-order valence-electron chi connectivity index (χ3n) is 4.98. The molecule has 0 radical (unpaired) electrons. The molecule has 0 atom stereocenters. The van der Waals surface area contributed by atoms with Gasteiger partial charge in [-0.25, -0.2) is 9.18 Å². The van der Waals surface area contributed by atoms with Crippen molar-refractivity contribution in [1.29, 1.82) is 0 Å². The van der Waals surface area contributed by atoms with Crippen molar-refractivity contribution >= 4 is 40.0 Å². The summed E-state index contributed by atoms with van der Waals surface area (Å²) in [7, 11) is 0. The maximum Gasteiger partial charge on any atom is 0.341 e. The van der Waals surface area contributed by atoms with E-state index in [2.05, 4.69) is 15.5 Å². The molecule has 1 aliphatic carbocycles. The predicted octanol–water partition coefficient (Wildman–Crippen LogP) is 5.11. The standard InChI is InChI=1S/C22H22FN3O4S2/c1-2-29-21(28)18-15-6-4-3-5-7-16(15)32-20(18)24-17(27)12-31-22-26-25-19(30-22)13-8-10-14(23)11-9-13/h8-11H,2-7,12H2,1H3,(H,24,27). The second kappa shape index (κ2) is 10.3. The van der Waals surface area contributed by atoms with Crippen molar-refractivity contribution in [2.24, 2.45) is 0 Å². The summed E-state index contributed by atoms with van der Waals surface area (Å²) in [6.45, 7) is 2.04. The fourth-order valence-electron chi connectivity index (χ4n) is 3.52. The number of hydrogen-bond donors (Lipinski definition) is 1. The molecule has 1 amide bonds. The molecule has 0 bridgehead atoms. The van der Waals surface area contributed by atoms with Crippen LogP contribution < -0.4 is 5.32 Å². The summed E-state index contributed by atoms with van der Waals surface area (Å²) in [5.41, 5.74) is 2.09. The van der Waals surface area contributed by atoms with Crippen LogP contribution in [0.25, 0.3) is 11.5 Å². The van der Waals surface area contributed by atoms with Gasteiger partial charge in [0.05, 0.1) is 17.9 Å². The minimum absolute atomic E-state index is 0.0376. The molecule has 168 valence electrons. The van der Waals surface area contributed by atoms with Crippen molar-refractivity contribution in [2.45, 2.75) is 44.3 Å². The van der Waals surface area contributed by atoms with Crippen molar-refractivity contribution in [3.05, 3.63) is 46.1 Å². The lowest BCUT2D eigenvalue weighted by Crippen LogP contribution is -2.16. The van der Waals surface area contributed by atoms with E-state index in [1.807, 2.05) is 0 Å². The van der Waals surface area contributed by atoms with E-state index < -0.39 is 5.97 Å². The summed E-state index contributed by atoms with van der Waals surface area (Å²) >= 11 is 2.55. The highest BCUT2D eigenvalue weighted by molar-refractivity contribution is 7.99. The second-order valence-corrected chi connectivity index (χ2v) is 9.24. The highest BCUT2D eigenvalue weighted by Crippen LogP contribution is 2.38. The first-order valence-corrected chi connectivity index (χ1v) is 12.2. The molecule has 0 spiro atoms. The fourth-order valence-corrected chi connectivity index (χ4v) is 5.37. The lowest BCUT2D eigenvalue weighted by molar-refractivity contribution is -0.113. The Labute approximate surface area is 192 Å². The molecule has 7 nitrogen and oxygen atoms in total. The third-order valence-corrected chi connectivity index (χ3v) is 7.00. The highest BCUT2D eigenvalue weighted by atomic mass is 32.2. The predicted molar refractivity (Wildman–Crippen MR) is 121 cm³/mol. The normalized spacial score (nSPS) is 13.3. The Morgan fingerprint density at radius 2 is 1.97 bits per heavy atom. The van der Waals surface area contributed by atoms with Crippen LogP contribution in [-0.2, 0) is 22.4 Å². The number of ether oxygens (including phenoxy) is 1. The van der Waals surface area contributed by atoms with Gasteiger partial charge in [-0.3, -0.25) is 4.79 Å². The van der Waals surface area contributed by atoms with Crippen LogP contribution in [0.3, 0.4) is 0 Å². The minimum Gasteiger partial charge on any atom is -0.462 e. The molecule has 2 heterocycles. The van der Waals surface area contributed by atoms with Gasteiger partial charge < -0.3 is 14.5 Å². The van der Waals surface area contributed by atoms with Crippen molar-refractivity contribution in [3.63, 3.8) is 0 Å². The van der Waals surface area contributed by atoms with Gasteiger partial charge in [0.1, 0.15) is 10.8 Å². The van der Waals surface area contributed by atoms with Gasteiger partial charge in [0.25, 0.3) is 5.22 Å². The van der Waals surface area contributed by atoms with Crippen molar-refractivity contribution in [1.82, 2.24) is 10.2 Å². The number of benzene rings is 1. The molecule has 1 aromatic carbocycles. The Kier molecular flexibility index (Phi) is 7.21. The average molecular weight is 476 g/mol. The highest BCUT2D eigenvalue weighted by Gasteiger charge is 2.26. The molecule has 1 N–H and O–H groups in total. The Bertz CT molecular complexity index is 1110. The molecule has 10 heteroatoms. The van der Waals surface area contributed by atoms with E-state index in [-0.39, 0.29) is 35.2 Å². The molecular formula is C22H22FN3O4S2. The first-order valence-electron chi connectivity index (χ1n) is 10.4.